The fourth-order valence-electron chi connectivity index (χ4n) is 7.44. The summed E-state index contributed by atoms with van der Waals surface area (Å²) in [5, 5.41) is 5.82. The summed E-state index contributed by atoms with van der Waals surface area (Å²) in [6.07, 6.45) is 11.9. The average Bonchev–Trinajstić information content (AvgIpc) is 3.74. The van der Waals surface area contributed by atoms with Gasteiger partial charge in [0.15, 0.2) is 0 Å². The number of hydrogen-bond acceptors (Lipinski definition) is 10. The molecular formula is C42H51N9O2S. The Labute approximate surface area is 320 Å². The predicted octanol–water partition coefficient (Wildman–Crippen LogP) is 5.21. The number of hydrogen-bond donors (Lipinski definition) is 2. The minimum atomic E-state index is 0.0450. The Morgan fingerprint density at radius 1 is 0.722 bits per heavy atom. The molecule has 54 heavy (non-hydrogen) atoms. The zero-order valence-electron chi connectivity index (χ0n) is 31.4. The molecule has 0 bridgehead atoms. The maximum Gasteiger partial charge on any atom is 0.251 e. The lowest BCUT2D eigenvalue weighted by atomic mass is 10.0. The van der Waals surface area contributed by atoms with E-state index >= 15 is 0 Å². The van der Waals surface area contributed by atoms with Gasteiger partial charge < -0.3 is 30.0 Å². The number of aryl methyl sites for hydroxylation is 2. The Balaban J connectivity index is 0.000000184. The van der Waals surface area contributed by atoms with Crippen molar-refractivity contribution in [3.63, 3.8) is 0 Å². The zero-order valence-corrected chi connectivity index (χ0v) is 32.2. The molecule has 282 valence electrons. The number of likely N-dealkylation sites (tertiary alicyclic amines) is 2. The average molecular weight is 746 g/mol. The van der Waals surface area contributed by atoms with Crippen molar-refractivity contribution in [2.45, 2.75) is 71.2 Å². The highest BCUT2D eigenvalue weighted by Gasteiger charge is 2.20. The second-order valence-corrected chi connectivity index (χ2v) is 15.7. The minimum absolute atomic E-state index is 0.0450. The summed E-state index contributed by atoms with van der Waals surface area (Å²) in [4.78, 5) is 44.1. The molecule has 0 aliphatic carbocycles. The molecule has 8 heterocycles. The van der Waals surface area contributed by atoms with Crippen molar-refractivity contribution in [2.24, 2.45) is 5.73 Å². The molecule has 6 aromatic heterocycles. The summed E-state index contributed by atoms with van der Waals surface area (Å²) in [6.45, 7) is 12.2. The Hall–Kier alpha value is -4.59. The van der Waals surface area contributed by atoms with Crippen LogP contribution in [0.2, 0.25) is 0 Å². The molecule has 0 atom stereocenters. The number of nitrogens with zero attached hydrogens (tertiary/aromatic N) is 7. The molecule has 12 heteroatoms. The molecule has 2 fully saturated rings. The molecule has 0 amide bonds. The quantitative estimate of drug-likeness (QED) is 0.194. The summed E-state index contributed by atoms with van der Waals surface area (Å²) in [6, 6.07) is 18.2. The van der Waals surface area contributed by atoms with E-state index in [1.54, 1.807) is 29.5 Å². The molecule has 0 saturated carbocycles. The van der Waals surface area contributed by atoms with Gasteiger partial charge in [-0.3, -0.25) is 24.5 Å². The van der Waals surface area contributed by atoms with Gasteiger partial charge >= 0.3 is 0 Å². The Morgan fingerprint density at radius 2 is 1.30 bits per heavy atom. The molecule has 2 saturated heterocycles. The molecule has 8 rings (SSSR count). The van der Waals surface area contributed by atoms with Crippen LogP contribution in [0.15, 0.2) is 94.4 Å². The van der Waals surface area contributed by atoms with Gasteiger partial charge in [0.1, 0.15) is 0 Å². The molecular weight excluding hydrogens is 695 g/mol. The van der Waals surface area contributed by atoms with Crippen LogP contribution >= 0.6 is 11.3 Å². The summed E-state index contributed by atoms with van der Waals surface area (Å²) in [5.74, 6) is 0. The molecule has 11 nitrogen and oxygen atoms in total. The van der Waals surface area contributed by atoms with Crippen LogP contribution in [0.1, 0.15) is 42.4 Å². The van der Waals surface area contributed by atoms with Crippen LogP contribution in [0.4, 0.5) is 0 Å². The van der Waals surface area contributed by atoms with Gasteiger partial charge in [-0.1, -0.05) is 6.07 Å². The standard InChI is InChI=1S/C26H29N5OS.C16H22N4O/c1-19-13-24-23(29-15-19)4-5-26(32)31(24)11-10-30-8-6-22(7-9-30)28-17-20-14-21(18-27-16-20)25-3-2-12-33-25;1-12-10-15-14(18-11-12)2-3-16(21)20(15)9-8-19-6-4-13(17)5-7-19/h2-5,12-16,18,22,28H,6-11,17H2,1H3;2-3,10-11,13H,4-9,17H2,1H3. The fourth-order valence-corrected chi connectivity index (χ4v) is 8.15. The fraction of sp³-hybridized carbons (Fsp3) is 0.405. The maximum atomic E-state index is 12.5. The van der Waals surface area contributed by atoms with E-state index in [0.717, 1.165) is 105 Å². The monoisotopic (exact) mass is 745 g/mol. The van der Waals surface area contributed by atoms with Crippen LogP contribution in [0.5, 0.6) is 0 Å². The smallest absolute Gasteiger partial charge is 0.251 e. The van der Waals surface area contributed by atoms with Gasteiger partial charge in [0.25, 0.3) is 11.1 Å². The van der Waals surface area contributed by atoms with Crippen LogP contribution in [-0.2, 0) is 19.6 Å². The normalized spacial score (nSPS) is 16.1. The third-order valence-corrected chi connectivity index (χ3v) is 11.6. The van der Waals surface area contributed by atoms with Crippen LogP contribution in [-0.4, -0.2) is 85.2 Å². The van der Waals surface area contributed by atoms with E-state index in [4.69, 9.17) is 5.73 Å². The van der Waals surface area contributed by atoms with Crippen LogP contribution in [0, 0.1) is 13.8 Å². The first-order valence-electron chi connectivity index (χ1n) is 19.1. The van der Waals surface area contributed by atoms with E-state index in [0.29, 0.717) is 25.2 Å². The molecule has 0 unspecified atom stereocenters. The summed E-state index contributed by atoms with van der Waals surface area (Å²) < 4.78 is 3.71. The third kappa shape index (κ3) is 9.55. The first-order valence-corrected chi connectivity index (χ1v) is 20.0. The largest absolute Gasteiger partial charge is 0.328 e. The van der Waals surface area contributed by atoms with Gasteiger partial charge in [0.2, 0.25) is 0 Å². The predicted molar refractivity (Wildman–Crippen MR) is 219 cm³/mol. The van der Waals surface area contributed by atoms with Gasteiger partial charge in [-0.2, -0.15) is 0 Å². The lowest BCUT2D eigenvalue weighted by molar-refractivity contribution is 0.191. The highest BCUT2D eigenvalue weighted by Crippen LogP contribution is 2.24. The SMILES string of the molecule is Cc1cnc2ccc(=O)n(CCN3CCC(N)CC3)c2c1.Cc1cnc2ccc(=O)n(CCN3CCC(NCc4cncc(-c5cccs5)c4)CC3)c2c1. The number of aromatic nitrogens is 5. The summed E-state index contributed by atoms with van der Waals surface area (Å²) in [5.41, 5.74) is 14.2. The van der Waals surface area contributed by atoms with Crippen LogP contribution < -0.4 is 22.2 Å². The third-order valence-electron chi connectivity index (χ3n) is 10.6. The van der Waals surface area contributed by atoms with Crippen molar-refractivity contribution in [1.82, 2.24) is 39.2 Å². The number of nitrogens with one attached hydrogen (secondary N) is 1. The number of thiophene rings is 1. The van der Waals surface area contributed by atoms with Crippen molar-refractivity contribution in [2.75, 3.05) is 39.3 Å². The van der Waals surface area contributed by atoms with E-state index < -0.39 is 0 Å². The van der Waals surface area contributed by atoms with Crippen molar-refractivity contribution in [1.29, 1.82) is 0 Å². The van der Waals surface area contributed by atoms with Gasteiger partial charge in [-0.25, -0.2) is 0 Å². The minimum Gasteiger partial charge on any atom is -0.328 e. The maximum absolute atomic E-state index is 12.5. The first kappa shape index (κ1) is 37.7. The summed E-state index contributed by atoms with van der Waals surface area (Å²) >= 11 is 1.75. The van der Waals surface area contributed by atoms with Gasteiger partial charge in [-0.05, 0) is 124 Å². The number of rotatable bonds is 10. The number of fused-ring (bicyclic) bond motifs is 2. The van der Waals surface area contributed by atoms with E-state index in [1.165, 1.54) is 16.0 Å². The molecule has 0 radical (unpaired) electrons. The number of nitrogens with two attached hydrogens (primary N) is 1. The van der Waals surface area contributed by atoms with Gasteiger partial charge in [-0.15, -0.1) is 11.3 Å². The number of piperidine rings is 2. The molecule has 2 aliphatic rings. The van der Waals surface area contributed by atoms with Crippen molar-refractivity contribution < 1.29 is 0 Å². The second-order valence-electron chi connectivity index (χ2n) is 14.7. The zero-order chi connectivity index (χ0) is 37.4. The van der Waals surface area contributed by atoms with Crippen molar-refractivity contribution >= 4 is 33.4 Å². The molecule has 0 spiro atoms. The van der Waals surface area contributed by atoms with Crippen molar-refractivity contribution in [3.05, 3.63) is 122 Å². The van der Waals surface area contributed by atoms with Crippen molar-refractivity contribution in [3.8, 4) is 10.4 Å². The Kier molecular flexibility index (Phi) is 12.4. The highest BCUT2D eigenvalue weighted by molar-refractivity contribution is 7.13. The molecule has 3 N–H and O–H groups in total. The second kappa shape index (κ2) is 17.7. The lowest BCUT2D eigenvalue weighted by Gasteiger charge is -2.32. The van der Waals surface area contributed by atoms with Gasteiger partial charge in [0, 0.05) is 92.2 Å². The number of pyridine rings is 5. The van der Waals surface area contributed by atoms with E-state index in [9.17, 15) is 9.59 Å². The van der Waals surface area contributed by atoms with E-state index in [2.05, 4.69) is 59.7 Å². The Bertz CT molecular complexity index is 2270. The first-order chi connectivity index (χ1) is 26.3. The molecule has 2 aliphatic heterocycles. The van der Waals surface area contributed by atoms with Crippen LogP contribution in [0.3, 0.4) is 0 Å². The van der Waals surface area contributed by atoms with E-state index in [1.807, 2.05) is 59.9 Å². The highest BCUT2D eigenvalue weighted by atomic mass is 32.1. The molecule has 6 aromatic rings. The Morgan fingerprint density at radius 3 is 1.85 bits per heavy atom. The molecule has 0 aromatic carbocycles. The lowest BCUT2D eigenvalue weighted by Crippen LogP contribution is -2.43. The summed E-state index contributed by atoms with van der Waals surface area (Å²) in [7, 11) is 0. The van der Waals surface area contributed by atoms with Gasteiger partial charge in [0.05, 0.1) is 22.1 Å². The van der Waals surface area contributed by atoms with Crippen LogP contribution in [0.25, 0.3) is 32.5 Å². The van der Waals surface area contributed by atoms with E-state index in [-0.39, 0.29) is 11.1 Å². The topological polar surface area (TPSA) is 127 Å².